The van der Waals surface area contributed by atoms with E-state index in [2.05, 4.69) is 15.2 Å². The van der Waals surface area contributed by atoms with Crippen molar-refractivity contribution in [2.75, 3.05) is 19.6 Å². The molecule has 2 N–H and O–H groups in total. The number of piperidine rings is 1. The van der Waals surface area contributed by atoms with Gasteiger partial charge in [-0.2, -0.15) is 0 Å². The number of rotatable bonds is 5. The SMILES string of the molecule is C[C@@H](NC(=O)CN1CCC(n2c(=O)[nH]c3ccccc32)CC1)c1cc2ccccc2o1. The van der Waals surface area contributed by atoms with Gasteiger partial charge >= 0.3 is 5.69 Å². The smallest absolute Gasteiger partial charge is 0.326 e. The highest BCUT2D eigenvalue weighted by atomic mass is 16.3. The Morgan fingerprint density at radius 1 is 1.16 bits per heavy atom. The summed E-state index contributed by atoms with van der Waals surface area (Å²) in [6.45, 7) is 3.84. The molecule has 1 amide bonds. The van der Waals surface area contributed by atoms with Crippen LogP contribution in [0.1, 0.15) is 37.6 Å². The summed E-state index contributed by atoms with van der Waals surface area (Å²) in [5, 5.41) is 4.08. The van der Waals surface area contributed by atoms with E-state index in [4.69, 9.17) is 4.42 Å². The fraction of sp³-hybridized carbons (Fsp3) is 0.333. The second kappa shape index (κ2) is 8.07. The number of carbonyl (C=O) groups is 1. The minimum Gasteiger partial charge on any atom is -0.459 e. The van der Waals surface area contributed by atoms with Crippen molar-refractivity contribution in [2.45, 2.75) is 31.8 Å². The summed E-state index contributed by atoms with van der Waals surface area (Å²) in [5.41, 5.74) is 2.59. The molecule has 1 aliphatic heterocycles. The topological polar surface area (TPSA) is 83.3 Å². The highest BCUT2D eigenvalue weighted by Crippen LogP contribution is 2.25. The Bertz CT molecular complexity index is 1240. The van der Waals surface area contributed by atoms with E-state index in [0.29, 0.717) is 6.54 Å². The van der Waals surface area contributed by atoms with Crippen molar-refractivity contribution < 1.29 is 9.21 Å². The van der Waals surface area contributed by atoms with Crippen LogP contribution in [0.2, 0.25) is 0 Å². The van der Waals surface area contributed by atoms with Crippen LogP contribution in [0.3, 0.4) is 0 Å². The number of amides is 1. The molecule has 1 saturated heterocycles. The largest absolute Gasteiger partial charge is 0.459 e. The van der Waals surface area contributed by atoms with E-state index in [1.807, 2.05) is 66.1 Å². The third-order valence-electron chi connectivity index (χ3n) is 6.16. The van der Waals surface area contributed by atoms with E-state index in [1.165, 1.54) is 0 Å². The fourth-order valence-electron chi connectivity index (χ4n) is 4.55. The van der Waals surface area contributed by atoms with Crippen molar-refractivity contribution >= 4 is 27.9 Å². The van der Waals surface area contributed by atoms with Gasteiger partial charge in [0, 0.05) is 24.5 Å². The van der Waals surface area contributed by atoms with Crippen molar-refractivity contribution in [2.24, 2.45) is 0 Å². The molecular weight excluding hydrogens is 392 g/mol. The second-order valence-electron chi connectivity index (χ2n) is 8.30. The Labute approximate surface area is 179 Å². The Kier molecular flexibility index (Phi) is 5.11. The van der Waals surface area contributed by atoms with E-state index in [-0.39, 0.29) is 23.7 Å². The Balaban J connectivity index is 1.18. The van der Waals surface area contributed by atoms with Crippen LogP contribution < -0.4 is 11.0 Å². The van der Waals surface area contributed by atoms with Crippen molar-refractivity contribution in [3.63, 3.8) is 0 Å². The second-order valence-corrected chi connectivity index (χ2v) is 8.30. The minimum atomic E-state index is -0.192. The number of fused-ring (bicyclic) bond motifs is 2. The molecule has 1 aliphatic rings. The number of benzene rings is 2. The first-order chi connectivity index (χ1) is 15.1. The van der Waals surface area contributed by atoms with Crippen LogP contribution in [0, 0.1) is 0 Å². The first-order valence-corrected chi connectivity index (χ1v) is 10.8. The van der Waals surface area contributed by atoms with Crippen LogP contribution in [0.4, 0.5) is 0 Å². The van der Waals surface area contributed by atoms with Crippen molar-refractivity contribution in [1.29, 1.82) is 0 Å². The molecule has 3 heterocycles. The van der Waals surface area contributed by atoms with E-state index >= 15 is 0 Å². The average molecular weight is 418 g/mol. The van der Waals surface area contributed by atoms with Crippen molar-refractivity contribution in [3.05, 3.63) is 70.8 Å². The maximum Gasteiger partial charge on any atom is 0.326 e. The van der Waals surface area contributed by atoms with E-state index in [1.54, 1.807) is 0 Å². The summed E-state index contributed by atoms with van der Waals surface area (Å²) >= 11 is 0. The molecule has 2 aromatic heterocycles. The van der Waals surface area contributed by atoms with Crippen molar-refractivity contribution in [3.8, 4) is 0 Å². The number of H-pyrrole nitrogens is 1. The number of nitrogens with one attached hydrogen (secondary N) is 2. The molecule has 160 valence electrons. The number of likely N-dealkylation sites (tertiary alicyclic amines) is 1. The van der Waals surface area contributed by atoms with Gasteiger partial charge in [0.05, 0.1) is 23.6 Å². The number of imidazole rings is 1. The summed E-state index contributed by atoms with van der Waals surface area (Å²) in [6, 6.07) is 17.6. The lowest BCUT2D eigenvalue weighted by atomic mass is 10.0. The zero-order valence-electron chi connectivity index (χ0n) is 17.5. The molecule has 5 rings (SSSR count). The Hall–Kier alpha value is -3.32. The molecule has 0 aliphatic carbocycles. The lowest BCUT2D eigenvalue weighted by Gasteiger charge is -2.32. The number of aromatic amines is 1. The molecule has 7 nitrogen and oxygen atoms in total. The maximum atomic E-state index is 12.6. The van der Waals surface area contributed by atoms with Gasteiger partial charge in [-0.1, -0.05) is 30.3 Å². The number of hydrogen-bond donors (Lipinski definition) is 2. The van der Waals surface area contributed by atoms with Crippen LogP contribution in [-0.2, 0) is 4.79 Å². The van der Waals surface area contributed by atoms with Gasteiger partial charge in [0.25, 0.3) is 0 Å². The highest BCUT2D eigenvalue weighted by Gasteiger charge is 2.25. The highest BCUT2D eigenvalue weighted by molar-refractivity contribution is 5.80. The van der Waals surface area contributed by atoms with Gasteiger partial charge in [0.15, 0.2) is 0 Å². The van der Waals surface area contributed by atoms with Crippen LogP contribution >= 0.6 is 0 Å². The van der Waals surface area contributed by atoms with Crippen LogP contribution in [0.25, 0.3) is 22.0 Å². The lowest BCUT2D eigenvalue weighted by Crippen LogP contribution is -2.43. The molecule has 0 unspecified atom stereocenters. The Morgan fingerprint density at radius 3 is 2.71 bits per heavy atom. The molecule has 0 bridgehead atoms. The van der Waals surface area contributed by atoms with Gasteiger partial charge in [-0.25, -0.2) is 4.79 Å². The maximum absolute atomic E-state index is 12.6. The van der Waals surface area contributed by atoms with Crippen LogP contribution in [-0.4, -0.2) is 40.0 Å². The fourth-order valence-corrected chi connectivity index (χ4v) is 4.55. The lowest BCUT2D eigenvalue weighted by molar-refractivity contribution is -0.123. The predicted octanol–water partition coefficient (Wildman–Crippen LogP) is 3.59. The van der Waals surface area contributed by atoms with E-state index in [9.17, 15) is 9.59 Å². The zero-order chi connectivity index (χ0) is 21.4. The number of furan rings is 1. The van der Waals surface area contributed by atoms with Crippen LogP contribution in [0.5, 0.6) is 0 Å². The number of carbonyl (C=O) groups excluding carboxylic acids is 1. The number of para-hydroxylation sites is 3. The number of aromatic nitrogens is 2. The predicted molar refractivity (Wildman–Crippen MR) is 120 cm³/mol. The first kappa shape index (κ1) is 19.6. The van der Waals surface area contributed by atoms with Gasteiger partial charge in [-0.05, 0) is 44.0 Å². The molecule has 0 saturated carbocycles. The van der Waals surface area contributed by atoms with Gasteiger partial charge in [0.1, 0.15) is 11.3 Å². The molecule has 0 spiro atoms. The van der Waals surface area contributed by atoms with Crippen LogP contribution in [0.15, 0.2) is 63.8 Å². The first-order valence-electron chi connectivity index (χ1n) is 10.8. The minimum absolute atomic E-state index is 0.0179. The third-order valence-corrected chi connectivity index (χ3v) is 6.16. The van der Waals surface area contributed by atoms with Gasteiger partial charge in [-0.3, -0.25) is 14.3 Å². The Morgan fingerprint density at radius 2 is 1.90 bits per heavy atom. The summed E-state index contributed by atoms with van der Waals surface area (Å²) in [4.78, 5) is 30.1. The molecule has 4 aromatic rings. The molecule has 1 fully saturated rings. The summed E-state index contributed by atoms with van der Waals surface area (Å²) in [6.07, 6.45) is 1.68. The third kappa shape index (κ3) is 3.88. The van der Waals surface area contributed by atoms with Gasteiger partial charge < -0.3 is 14.7 Å². The van der Waals surface area contributed by atoms with E-state index < -0.39 is 0 Å². The monoisotopic (exact) mass is 418 g/mol. The summed E-state index contributed by atoms with van der Waals surface area (Å²) < 4.78 is 7.73. The molecule has 0 radical (unpaired) electrons. The molecule has 7 heteroatoms. The average Bonchev–Trinajstić information content (AvgIpc) is 3.35. The number of hydrogen-bond acceptors (Lipinski definition) is 4. The van der Waals surface area contributed by atoms with E-state index in [0.717, 1.165) is 53.7 Å². The van der Waals surface area contributed by atoms with Gasteiger partial charge in [-0.15, -0.1) is 0 Å². The standard InChI is InChI=1S/C24H26N4O3/c1-16(22-14-17-6-2-5-9-21(17)31-22)25-23(29)15-27-12-10-18(11-13-27)28-20-8-4-3-7-19(20)26-24(28)30/h2-9,14,16,18H,10-13,15H2,1H3,(H,25,29)(H,26,30)/t16-/m1/s1. The summed E-state index contributed by atoms with van der Waals surface area (Å²) in [5.74, 6) is 0.739. The zero-order valence-corrected chi connectivity index (χ0v) is 17.5. The summed E-state index contributed by atoms with van der Waals surface area (Å²) in [7, 11) is 0. The number of nitrogens with zero attached hydrogens (tertiary/aromatic N) is 2. The van der Waals surface area contributed by atoms with Gasteiger partial charge in [0.2, 0.25) is 5.91 Å². The quantitative estimate of drug-likeness (QED) is 0.519. The van der Waals surface area contributed by atoms with Crippen molar-refractivity contribution in [1.82, 2.24) is 19.8 Å². The molecular formula is C24H26N4O3. The molecule has 31 heavy (non-hydrogen) atoms. The molecule has 1 atom stereocenters. The normalized spacial score (nSPS) is 16.7. The molecule has 2 aromatic carbocycles.